The lowest BCUT2D eigenvalue weighted by molar-refractivity contribution is -0.127. The highest BCUT2D eigenvalue weighted by Crippen LogP contribution is 1.97. The minimum Gasteiger partial charge on any atom is -0.356 e. The molecule has 0 aromatic heterocycles. The molecule has 0 saturated heterocycles. The van der Waals surface area contributed by atoms with Crippen molar-refractivity contribution in [2.75, 3.05) is 18.6 Å². The van der Waals surface area contributed by atoms with Crippen molar-refractivity contribution < 1.29 is 9.59 Å². The molecule has 0 unspecified atom stereocenters. The van der Waals surface area contributed by atoms with Crippen LogP contribution in [0.3, 0.4) is 0 Å². The lowest BCUT2D eigenvalue weighted by Crippen LogP contribution is -2.25. The minimum atomic E-state index is -0.156. The van der Waals surface area contributed by atoms with E-state index in [0.29, 0.717) is 6.54 Å². The number of hydrogen-bond acceptors (Lipinski definition) is 3. The van der Waals surface area contributed by atoms with Crippen LogP contribution in [0.4, 0.5) is 0 Å². The number of hydrogen-bond donors (Lipinski definition) is 1. The predicted octanol–water partition coefficient (Wildman–Crippen LogP) is 1.22. The maximum absolute atomic E-state index is 10.9. The van der Waals surface area contributed by atoms with Gasteiger partial charge < -0.3 is 5.32 Å². The van der Waals surface area contributed by atoms with Gasteiger partial charge >= 0.3 is 0 Å². The van der Waals surface area contributed by atoms with Crippen molar-refractivity contribution in [1.82, 2.24) is 5.32 Å². The lowest BCUT2D eigenvalue weighted by atomic mass is 10.3. The van der Waals surface area contributed by atoms with Crippen LogP contribution in [0, 0.1) is 0 Å². The maximum Gasteiger partial charge on any atom is 0.227 e. The molecule has 0 heterocycles. The highest BCUT2D eigenvalue weighted by molar-refractivity contribution is 7.98. The van der Waals surface area contributed by atoms with Gasteiger partial charge in [0.25, 0.3) is 0 Å². The first-order valence-corrected chi connectivity index (χ1v) is 5.81. The second kappa shape index (κ2) is 8.10. The number of carbonyl (C=O) groups is 2. The second-order valence-electron chi connectivity index (χ2n) is 2.93. The first-order chi connectivity index (χ1) is 6.16. The largest absolute Gasteiger partial charge is 0.356 e. The number of carbonyl (C=O) groups excluding carboxylic acids is 2. The smallest absolute Gasteiger partial charge is 0.227 e. The first kappa shape index (κ1) is 12.5. The Balaban J connectivity index is 3.22. The van der Waals surface area contributed by atoms with Gasteiger partial charge in [-0.1, -0.05) is 0 Å². The van der Waals surface area contributed by atoms with Gasteiger partial charge in [0.05, 0.1) is 6.42 Å². The summed E-state index contributed by atoms with van der Waals surface area (Å²) in [4.78, 5) is 21.5. The zero-order valence-electron chi connectivity index (χ0n) is 8.26. The second-order valence-corrected chi connectivity index (χ2v) is 3.91. The van der Waals surface area contributed by atoms with Crippen molar-refractivity contribution in [3.05, 3.63) is 0 Å². The van der Waals surface area contributed by atoms with E-state index in [1.165, 1.54) is 6.92 Å². The summed E-state index contributed by atoms with van der Waals surface area (Å²) in [5.41, 5.74) is 0. The predicted molar refractivity (Wildman–Crippen MR) is 55.9 cm³/mol. The van der Waals surface area contributed by atoms with Crippen molar-refractivity contribution in [2.45, 2.75) is 26.2 Å². The molecule has 1 amide bonds. The highest BCUT2D eigenvalue weighted by atomic mass is 32.2. The number of nitrogens with one attached hydrogen (secondary N) is 1. The zero-order valence-corrected chi connectivity index (χ0v) is 9.08. The SMILES string of the molecule is CSCCCCNC(=O)CC(C)=O. The number of amides is 1. The molecule has 0 aliphatic rings. The monoisotopic (exact) mass is 203 g/mol. The lowest BCUT2D eigenvalue weighted by Gasteiger charge is -2.02. The molecule has 76 valence electrons. The fourth-order valence-electron chi connectivity index (χ4n) is 0.888. The van der Waals surface area contributed by atoms with Gasteiger partial charge in [0, 0.05) is 6.54 Å². The molecule has 0 rings (SSSR count). The van der Waals surface area contributed by atoms with Crippen LogP contribution in [-0.4, -0.2) is 30.2 Å². The molecule has 0 atom stereocenters. The zero-order chi connectivity index (χ0) is 10.1. The fraction of sp³-hybridized carbons (Fsp3) is 0.778. The van der Waals surface area contributed by atoms with Crippen LogP contribution in [0.1, 0.15) is 26.2 Å². The van der Waals surface area contributed by atoms with Crippen LogP contribution < -0.4 is 5.32 Å². The normalized spacial score (nSPS) is 9.69. The molecule has 0 saturated carbocycles. The van der Waals surface area contributed by atoms with Crippen LogP contribution in [0.15, 0.2) is 0 Å². The number of unbranched alkanes of at least 4 members (excludes halogenated alkanes) is 1. The van der Waals surface area contributed by atoms with Crippen molar-refractivity contribution in [3.8, 4) is 0 Å². The highest BCUT2D eigenvalue weighted by Gasteiger charge is 2.02. The third kappa shape index (κ3) is 9.40. The number of thioether (sulfide) groups is 1. The van der Waals surface area contributed by atoms with E-state index in [2.05, 4.69) is 11.6 Å². The summed E-state index contributed by atoms with van der Waals surface area (Å²) in [5.74, 6) is 0.890. The van der Waals surface area contributed by atoms with Crippen molar-refractivity contribution in [2.24, 2.45) is 0 Å². The summed E-state index contributed by atoms with van der Waals surface area (Å²) in [6, 6.07) is 0. The molecule has 0 aromatic rings. The Bertz CT molecular complexity index is 171. The van der Waals surface area contributed by atoms with Crippen molar-refractivity contribution >= 4 is 23.5 Å². The van der Waals surface area contributed by atoms with E-state index in [1.807, 2.05) is 0 Å². The van der Waals surface area contributed by atoms with Crippen molar-refractivity contribution in [1.29, 1.82) is 0 Å². The van der Waals surface area contributed by atoms with Gasteiger partial charge in [-0.3, -0.25) is 9.59 Å². The number of rotatable bonds is 7. The summed E-state index contributed by atoms with van der Waals surface area (Å²) in [6.45, 7) is 2.11. The van der Waals surface area contributed by atoms with Crippen LogP contribution in [0.25, 0.3) is 0 Å². The van der Waals surface area contributed by atoms with E-state index in [9.17, 15) is 9.59 Å². The van der Waals surface area contributed by atoms with Gasteiger partial charge in [0.1, 0.15) is 5.78 Å². The van der Waals surface area contributed by atoms with Gasteiger partial charge in [0.15, 0.2) is 0 Å². The van der Waals surface area contributed by atoms with Crippen LogP contribution in [0.5, 0.6) is 0 Å². The third-order valence-electron chi connectivity index (χ3n) is 1.51. The summed E-state index contributed by atoms with van der Waals surface area (Å²) in [6.07, 6.45) is 4.18. The molecule has 0 spiro atoms. The molecule has 0 radical (unpaired) electrons. The van der Waals surface area contributed by atoms with E-state index in [4.69, 9.17) is 0 Å². The summed E-state index contributed by atoms with van der Waals surface area (Å²) >= 11 is 1.80. The molecule has 4 heteroatoms. The molecular formula is C9H17NO2S. The number of Topliss-reactive ketones (excluding diaryl/α,β-unsaturated/α-hetero) is 1. The first-order valence-electron chi connectivity index (χ1n) is 4.42. The Kier molecular flexibility index (Phi) is 7.79. The molecule has 0 aliphatic carbocycles. The van der Waals surface area contributed by atoms with E-state index in [1.54, 1.807) is 11.8 Å². The van der Waals surface area contributed by atoms with Gasteiger partial charge in [-0.25, -0.2) is 0 Å². The number of ketones is 1. The Morgan fingerprint density at radius 3 is 2.54 bits per heavy atom. The van der Waals surface area contributed by atoms with Crippen LogP contribution >= 0.6 is 11.8 Å². The van der Waals surface area contributed by atoms with E-state index < -0.39 is 0 Å². The van der Waals surface area contributed by atoms with Gasteiger partial charge in [-0.15, -0.1) is 0 Å². The Hall–Kier alpha value is -0.510. The van der Waals surface area contributed by atoms with E-state index in [0.717, 1.165) is 18.6 Å². The summed E-state index contributed by atoms with van der Waals surface area (Å²) in [5, 5.41) is 2.70. The maximum atomic E-state index is 10.9. The Morgan fingerprint density at radius 1 is 1.31 bits per heavy atom. The van der Waals surface area contributed by atoms with Gasteiger partial charge in [-0.05, 0) is 31.8 Å². The van der Waals surface area contributed by atoms with E-state index in [-0.39, 0.29) is 18.1 Å². The topological polar surface area (TPSA) is 46.2 Å². The van der Waals surface area contributed by atoms with Crippen molar-refractivity contribution in [3.63, 3.8) is 0 Å². The molecule has 0 fully saturated rings. The quantitative estimate of drug-likeness (QED) is 0.500. The molecule has 0 aromatic carbocycles. The molecule has 1 N–H and O–H groups in total. The average Bonchev–Trinajstić information content (AvgIpc) is 2.02. The standard InChI is InChI=1S/C9H17NO2S/c1-8(11)7-9(12)10-5-3-4-6-13-2/h3-7H2,1-2H3,(H,10,12). The average molecular weight is 203 g/mol. The molecule has 3 nitrogen and oxygen atoms in total. The third-order valence-corrected chi connectivity index (χ3v) is 2.20. The summed E-state index contributed by atoms with van der Waals surface area (Å²) in [7, 11) is 0. The van der Waals surface area contributed by atoms with Crippen LogP contribution in [-0.2, 0) is 9.59 Å². The summed E-state index contributed by atoms with van der Waals surface area (Å²) < 4.78 is 0. The van der Waals surface area contributed by atoms with Crippen LogP contribution in [0.2, 0.25) is 0 Å². The van der Waals surface area contributed by atoms with E-state index >= 15 is 0 Å². The minimum absolute atomic E-state index is 0.0164. The Labute approximate surface area is 83.7 Å². The fourth-order valence-corrected chi connectivity index (χ4v) is 1.38. The molecular weight excluding hydrogens is 186 g/mol. The molecule has 13 heavy (non-hydrogen) atoms. The van der Waals surface area contributed by atoms with Gasteiger partial charge in [-0.2, -0.15) is 11.8 Å². The Morgan fingerprint density at radius 2 is 2.00 bits per heavy atom. The molecule has 0 aliphatic heterocycles. The molecule has 0 bridgehead atoms. The van der Waals surface area contributed by atoms with Gasteiger partial charge in [0.2, 0.25) is 5.91 Å².